The van der Waals surface area contributed by atoms with Gasteiger partial charge in [-0.2, -0.15) is 5.10 Å². The lowest BCUT2D eigenvalue weighted by molar-refractivity contribution is 0.0930. The fourth-order valence-corrected chi connectivity index (χ4v) is 3.37. The quantitative estimate of drug-likeness (QED) is 0.623. The molecule has 29 heavy (non-hydrogen) atoms. The summed E-state index contributed by atoms with van der Waals surface area (Å²) in [5, 5.41) is 7.10. The number of likely N-dealkylation sites (N-methyl/N-ethyl adjacent to an activating group) is 1. The number of aromatic nitrogens is 2. The van der Waals surface area contributed by atoms with Crippen molar-refractivity contribution in [3.63, 3.8) is 0 Å². The summed E-state index contributed by atoms with van der Waals surface area (Å²) in [7, 11) is 1.64. The van der Waals surface area contributed by atoms with Crippen LogP contribution >= 0.6 is 0 Å². The fraction of sp³-hybridized carbons (Fsp3) is 0.333. The first kappa shape index (κ1) is 20.7. The van der Waals surface area contributed by atoms with Crippen LogP contribution in [0.15, 0.2) is 47.2 Å². The van der Waals surface area contributed by atoms with E-state index in [0.717, 1.165) is 31.0 Å². The average Bonchev–Trinajstić information content (AvgIpc) is 3.35. The SMILES string of the molecule is CCN(CC)C(CNC(=O)c1cn(C)nc1-c1ccc(F)cc1F)c1ccco1. The molecule has 1 N–H and O–H groups in total. The smallest absolute Gasteiger partial charge is 0.255 e. The van der Waals surface area contributed by atoms with E-state index in [1.54, 1.807) is 13.3 Å². The molecule has 1 unspecified atom stereocenters. The summed E-state index contributed by atoms with van der Waals surface area (Å²) in [5.74, 6) is -1.09. The van der Waals surface area contributed by atoms with Gasteiger partial charge in [-0.3, -0.25) is 14.4 Å². The summed E-state index contributed by atoms with van der Waals surface area (Å²) in [4.78, 5) is 15.1. The summed E-state index contributed by atoms with van der Waals surface area (Å²) >= 11 is 0. The number of nitrogens with one attached hydrogen (secondary N) is 1. The molecule has 6 nitrogen and oxygen atoms in total. The maximum Gasteiger partial charge on any atom is 0.255 e. The molecule has 0 spiro atoms. The Morgan fingerprint density at radius 3 is 2.66 bits per heavy atom. The van der Waals surface area contributed by atoms with Gasteiger partial charge in [0, 0.05) is 31.4 Å². The standard InChI is InChI=1S/C21H24F2N4O2/c1-4-27(5-2)18(19-7-6-10-29-19)12-24-21(28)16-13-26(3)25-20(16)15-9-8-14(22)11-17(15)23/h6-11,13,18H,4-5,12H2,1-3H3,(H,24,28). The largest absolute Gasteiger partial charge is 0.468 e. The minimum atomic E-state index is -0.769. The third-order valence-electron chi connectivity index (χ3n) is 4.84. The Bertz CT molecular complexity index is 965. The maximum atomic E-state index is 14.2. The highest BCUT2D eigenvalue weighted by Crippen LogP contribution is 2.26. The molecule has 0 radical (unpaired) electrons. The number of carbonyl (C=O) groups excluding carboxylic acids is 1. The van der Waals surface area contributed by atoms with Crippen molar-refractivity contribution in [2.75, 3.05) is 19.6 Å². The lowest BCUT2D eigenvalue weighted by Gasteiger charge is -2.28. The van der Waals surface area contributed by atoms with Gasteiger partial charge in [-0.15, -0.1) is 0 Å². The second-order valence-corrected chi connectivity index (χ2v) is 6.65. The minimum absolute atomic E-state index is 0.0727. The van der Waals surface area contributed by atoms with Gasteiger partial charge in [-0.05, 0) is 37.4 Å². The summed E-state index contributed by atoms with van der Waals surface area (Å²) in [6.07, 6.45) is 3.12. The highest BCUT2D eigenvalue weighted by Gasteiger charge is 2.24. The Morgan fingerprint density at radius 2 is 2.03 bits per heavy atom. The molecule has 8 heteroatoms. The first-order valence-corrected chi connectivity index (χ1v) is 9.49. The van der Waals surface area contributed by atoms with E-state index in [9.17, 15) is 13.6 Å². The van der Waals surface area contributed by atoms with E-state index in [1.807, 2.05) is 26.0 Å². The van der Waals surface area contributed by atoms with Crippen LogP contribution in [0.3, 0.4) is 0 Å². The number of hydrogen-bond donors (Lipinski definition) is 1. The van der Waals surface area contributed by atoms with Gasteiger partial charge in [0.1, 0.15) is 23.1 Å². The second kappa shape index (κ2) is 9.00. The lowest BCUT2D eigenvalue weighted by atomic mass is 10.1. The first-order chi connectivity index (χ1) is 13.9. The van der Waals surface area contributed by atoms with Crippen molar-refractivity contribution < 1.29 is 18.0 Å². The van der Waals surface area contributed by atoms with E-state index < -0.39 is 11.6 Å². The highest BCUT2D eigenvalue weighted by molar-refractivity contribution is 5.99. The molecule has 2 heterocycles. The number of furan rings is 1. The molecule has 154 valence electrons. The Hall–Kier alpha value is -3.00. The van der Waals surface area contributed by atoms with Crippen LogP contribution in [0.25, 0.3) is 11.3 Å². The van der Waals surface area contributed by atoms with Crippen molar-refractivity contribution in [1.29, 1.82) is 0 Å². The van der Waals surface area contributed by atoms with Gasteiger partial charge in [0.15, 0.2) is 0 Å². The van der Waals surface area contributed by atoms with Crippen LogP contribution in [-0.4, -0.2) is 40.2 Å². The molecule has 1 aromatic carbocycles. The molecular weight excluding hydrogens is 378 g/mol. The highest BCUT2D eigenvalue weighted by atomic mass is 19.1. The molecule has 3 aromatic rings. The number of amides is 1. The molecule has 2 aromatic heterocycles. The summed E-state index contributed by atoms with van der Waals surface area (Å²) in [6.45, 7) is 5.97. The van der Waals surface area contributed by atoms with E-state index in [4.69, 9.17) is 4.42 Å². The van der Waals surface area contributed by atoms with Gasteiger partial charge in [0.25, 0.3) is 5.91 Å². The molecule has 0 fully saturated rings. The number of halogens is 2. The van der Waals surface area contributed by atoms with Crippen LogP contribution in [0.4, 0.5) is 8.78 Å². The molecular formula is C21H24F2N4O2. The maximum absolute atomic E-state index is 14.2. The van der Waals surface area contributed by atoms with E-state index in [0.29, 0.717) is 6.54 Å². The van der Waals surface area contributed by atoms with Crippen LogP contribution in [0.1, 0.15) is 36.0 Å². The number of nitrogens with zero attached hydrogens (tertiary/aromatic N) is 3. The fourth-order valence-electron chi connectivity index (χ4n) is 3.37. The first-order valence-electron chi connectivity index (χ1n) is 9.49. The van der Waals surface area contributed by atoms with Crippen LogP contribution in [0.2, 0.25) is 0 Å². The van der Waals surface area contributed by atoms with Crippen molar-refractivity contribution in [1.82, 2.24) is 20.0 Å². The molecule has 0 saturated carbocycles. The number of benzene rings is 1. The third-order valence-corrected chi connectivity index (χ3v) is 4.84. The molecule has 0 aliphatic carbocycles. The summed E-state index contributed by atoms with van der Waals surface area (Å²) < 4.78 is 34.5. The number of aryl methyl sites for hydroxylation is 1. The number of rotatable bonds is 8. The van der Waals surface area contributed by atoms with Gasteiger partial charge < -0.3 is 9.73 Å². The Balaban J connectivity index is 1.84. The molecule has 3 rings (SSSR count). The van der Waals surface area contributed by atoms with E-state index in [-0.39, 0.29) is 28.8 Å². The van der Waals surface area contributed by atoms with Gasteiger partial charge in [0.2, 0.25) is 0 Å². The predicted molar refractivity (Wildman–Crippen MR) is 105 cm³/mol. The van der Waals surface area contributed by atoms with E-state index >= 15 is 0 Å². The normalized spacial score (nSPS) is 12.3. The monoisotopic (exact) mass is 402 g/mol. The molecule has 1 atom stereocenters. The van der Waals surface area contributed by atoms with E-state index in [2.05, 4.69) is 15.3 Å². The number of hydrogen-bond acceptors (Lipinski definition) is 4. The van der Waals surface area contributed by atoms with Crippen LogP contribution in [0, 0.1) is 11.6 Å². The summed E-state index contributed by atoms with van der Waals surface area (Å²) in [5.41, 5.74) is 0.458. The van der Waals surface area contributed by atoms with Crippen molar-refractivity contribution in [2.45, 2.75) is 19.9 Å². The van der Waals surface area contributed by atoms with Crippen LogP contribution < -0.4 is 5.32 Å². The molecule has 1 amide bonds. The number of carbonyl (C=O) groups is 1. The van der Waals surface area contributed by atoms with Crippen molar-refractivity contribution in [3.8, 4) is 11.3 Å². The Labute approximate surface area is 168 Å². The predicted octanol–water partition coefficient (Wildman–Crippen LogP) is 3.77. The topological polar surface area (TPSA) is 63.3 Å². The molecule has 0 saturated heterocycles. The molecule has 0 aliphatic heterocycles. The average molecular weight is 402 g/mol. The van der Waals surface area contributed by atoms with Gasteiger partial charge in [-0.25, -0.2) is 8.78 Å². The van der Waals surface area contributed by atoms with Crippen molar-refractivity contribution >= 4 is 5.91 Å². The Kier molecular flexibility index (Phi) is 6.43. The minimum Gasteiger partial charge on any atom is -0.468 e. The van der Waals surface area contributed by atoms with Crippen LogP contribution in [-0.2, 0) is 7.05 Å². The summed E-state index contributed by atoms with van der Waals surface area (Å²) in [6, 6.07) is 6.75. The zero-order chi connectivity index (χ0) is 21.0. The van der Waals surface area contributed by atoms with Gasteiger partial charge in [-0.1, -0.05) is 13.8 Å². The van der Waals surface area contributed by atoms with Crippen LogP contribution in [0.5, 0.6) is 0 Å². The van der Waals surface area contributed by atoms with Gasteiger partial charge >= 0.3 is 0 Å². The zero-order valence-corrected chi connectivity index (χ0v) is 16.7. The van der Waals surface area contributed by atoms with E-state index in [1.165, 1.54) is 16.9 Å². The zero-order valence-electron chi connectivity index (χ0n) is 16.7. The molecule has 0 bridgehead atoms. The molecule has 0 aliphatic rings. The Morgan fingerprint density at radius 1 is 1.28 bits per heavy atom. The lowest BCUT2D eigenvalue weighted by Crippen LogP contribution is -2.38. The van der Waals surface area contributed by atoms with Gasteiger partial charge in [0.05, 0.1) is 17.9 Å². The van der Waals surface area contributed by atoms with Crippen molar-refractivity contribution in [2.24, 2.45) is 7.05 Å². The second-order valence-electron chi connectivity index (χ2n) is 6.65. The third kappa shape index (κ3) is 4.54. The van der Waals surface area contributed by atoms with Crippen molar-refractivity contribution in [3.05, 3.63) is 65.7 Å².